The van der Waals surface area contributed by atoms with Crippen LogP contribution in [0.25, 0.3) is 0 Å². The van der Waals surface area contributed by atoms with Crippen LogP contribution in [-0.2, 0) is 11.3 Å². The number of methoxy groups -OCH3 is 1. The van der Waals surface area contributed by atoms with Gasteiger partial charge in [0.05, 0.1) is 12.8 Å². The fraction of sp³-hybridized carbons (Fsp3) is 0.263. The van der Waals surface area contributed by atoms with Crippen molar-refractivity contribution in [3.05, 3.63) is 59.7 Å². The van der Waals surface area contributed by atoms with Crippen LogP contribution in [0, 0.1) is 11.6 Å². The van der Waals surface area contributed by atoms with Gasteiger partial charge in [-0.05, 0) is 24.3 Å². The van der Waals surface area contributed by atoms with Crippen molar-refractivity contribution in [3.8, 4) is 5.75 Å². The van der Waals surface area contributed by atoms with Crippen LogP contribution < -0.4 is 15.0 Å². The van der Waals surface area contributed by atoms with Crippen LogP contribution in [0.5, 0.6) is 5.75 Å². The first-order valence-corrected chi connectivity index (χ1v) is 8.40. The maximum absolute atomic E-state index is 13.6. The predicted octanol–water partition coefficient (Wildman–Crippen LogP) is 2.53. The summed E-state index contributed by atoms with van der Waals surface area (Å²) in [4.78, 5) is 27.6. The van der Waals surface area contributed by atoms with E-state index in [0.29, 0.717) is 24.5 Å². The Labute approximate surface area is 155 Å². The Balaban J connectivity index is 1.60. The number of amides is 3. The van der Waals surface area contributed by atoms with Crippen molar-refractivity contribution < 1.29 is 23.1 Å². The molecule has 0 spiro atoms. The summed E-state index contributed by atoms with van der Waals surface area (Å²) in [5.74, 6) is -1.38. The SMILES string of the molecule is COc1ccccc1N1CCN(CC(=O)NCc2c(F)cccc2F)C1=O. The standard InChI is InChI=1S/C19H19F2N3O3/c1-27-17-8-3-2-7-16(17)24-10-9-23(19(24)26)12-18(25)22-11-13-14(20)5-4-6-15(13)21/h2-8H,9-12H2,1H3,(H,22,25). The van der Waals surface area contributed by atoms with Gasteiger partial charge in [0.2, 0.25) is 5.91 Å². The summed E-state index contributed by atoms with van der Waals surface area (Å²) in [7, 11) is 1.52. The third-order valence-corrected chi connectivity index (χ3v) is 4.33. The number of nitrogens with zero attached hydrogens (tertiary/aromatic N) is 2. The molecule has 0 radical (unpaired) electrons. The van der Waals surface area contributed by atoms with Gasteiger partial charge < -0.3 is 15.0 Å². The molecule has 0 unspecified atom stereocenters. The van der Waals surface area contributed by atoms with Crippen molar-refractivity contribution in [2.45, 2.75) is 6.54 Å². The van der Waals surface area contributed by atoms with Crippen molar-refractivity contribution in [1.82, 2.24) is 10.2 Å². The molecular weight excluding hydrogens is 356 g/mol. The second kappa shape index (κ2) is 8.03. The first-order valence-electron chi connectivity index (χ1n) is 8.40. The lowest BCUT2D eigenvalue weighted by molar-refractivity contribution is -0.121. The molecule has 0 atom stereocenters. The number of ether oxygens (including phenoxy) is 1. The van der Waals surface area contributed by atoms with E-state index in [9.17, 15) is 18.4 Å². The zero-order chi connectivity index (χ0) is 19.4. The summed E-state index contributed by atoms with van der Waals surface area (Å²) in [6.07, 6.45) is 0. The van der Waals surface area contributed by atoms with E-state index in [4.69, 9.17) is 4.74 Å². The van der Waals surface area contributed by atoms with Crippen molar-refractivity contribution >= 4 is 17.6 Å². The number of para-hydroxylation sites is 2. The van der Waals surface area contributed by atoms with Crippen molar-refractivity contribution in [3.63, 3.8) is 0 Å². The van der Waals surface area contributed by atoms with Gasteiger partial charge in [0.25, 0.3) is 0 Å². The molecule has 0 bridgehead atoms. The maximum Gasteiger partial charge on any atom is 0.325 e. The van der Waals surface area contributed by atoms with Crippen molar-refractivity contribution in [2.24, 2.45) is 0 Å². The van der Waals surface area contributed by atoms with E-state index in [1.807, 2.05) is 0 Å². The third-order valence-electron chi connectivity index (χ3n) is 4.33. The molecule has 1 fully saturated rings. The highest BCUT2D eigenvalue weighted by Crippen LogP contribution is 2.30. The van der Waals surface area contributed by atoms with Gasteiger partial charge in [-0.1, -0.05) is 18.2 Å². The molecular formula is C19H19F2N3O3. The average Bonchev–Trinajstić information content (AvgIpc) is 3.01. The minimum atomic E-state index is -0.727. The number of hydrogen-bond acceptors (Lipinski definition) is 3. The highest BCUT2D eigenvalue weighted by atomic mass is 19.1. The number of halogens is 2. The molecule has 1 N–H and O–H groups in total. The molecule has 27 heavy (non-hydrogen) atoms. The van der Waals surface area contributed by atoms with E-state index >= 15 is 0 Å². The topological polar surface area (TPSA) is 61.9 Å². The van der Waals surface area contributed by atoms with Crippen LogP contribution in [0.15, 0.2) is 42.5 Å². The number of carbonyl (C=O) groups is 2. The summed E-state index contributed by atoms with van der Waals surface area (Å²) >= 11 is 0. The van der Waals surface area contributed by atoms with Gasteiger partial charge >= 0.3 is 6.03 Å². The van der Waals surface area contributed by atoms with E-state index in [1.165, 1.54) is 23.0 Å². The van der Waals surface area contributed by atoms with E-state index in [-0.39, 0.29) is 24.7 Å². The smallest absolute Gasteiger partial charge is 0.325 e. The van der Waals surface area contributed by atoms with Crippen molar-refractivity contribution in [2.75, 3.05) is 31.6 Å². The predicted molar refractivity (Wildman–Crippen MR) is 95.5 cm³/mol. The number of hydrogen-bond donors (Lipinski definition) is 1. The van der Waals surface area contributed by atoms with Crippen LogP contribution in [0.3, 0.4) is 0 Å². The molecule has 1 heterocycles. The van der Waals surface area contributed by atoms with Gasteiger partial charge in [-0.15, -0.1) is 0 Å². The molecule has 2 aromatic rings. The second-order valence-electron chi connectivity index (χ2n) is 6.00. The lowest BCUT2D eigenvalue weighted by atomic mass is 10.2. The Morgan fingerprint density at radius 3 is 2.52 bits per heavy atom. The molecule has 1 saturated heterocycles. The lowest BCUT2D eigenvalue weighted by Gasteiger charge is -2.20. The second-order valence-corrected chi connectivity index (χ2v) is 6.00. The minimum Gasteiger partial charge on any atom is -0.495 e. The first-order chi connectivity index (χ1) is 13.0. The van der Waals surface area contributed by atoms with E-state index in [0.717, 1.165) is 12.1 Å². The largest absolute Gasteiger partial charge is 0.495 e. The highest BCUT2D eigenvalue weighted by Gasteiger charge is 2.32. The Bertz CT molecular complexity index is 840. The van der Waals surface area contributed by atoms with Gasteiger partial charge in [0, 0.05) is 25.2 Å². The average molecular weight is 375 g/mol. The highest BCUT2D eigenvalue weighted by molar-refractivity contribution is 5.97. The Kier molecular flexibility index (Phi) is 5.54. The van der Waals surface area contributed by atoms with Crippen LogP contribution in [-0.4, -0.2) is 43.6 Å². The normalized spacial score (nSPS) is 13.8. The number of benzene rings is 2. The maximum atomic E-state index is 13.6. The molecule has 6 nitrogen and oxygen atoms in total. The molecule has 0 aromatic heterocycles. The zero-order valence-corrected chi connectivity index (χ0v) is 14.7. The zero-order valence-electron chi connectivity index (χ0n) is 14.7. The molecule has 1 aliphatic rings. The summed E-state index contributed by atoms with van der Waals surface area (Å²) < 4.78 is 32.5. The Hall–Kier alpha value is -3.16. The third kappa shape index (κ3) is 3.99. The summed E-state index contributed by atoms with van der Waals surface area (Å²) in [6, 6.07) is 10.3. The van der Waals surface area contributed by atoms with E-state index in [2.05, 4.69) is 5.32 Å². The van der Waals surface area contributed by atoms with Crippen LogP contribution in [0.1, 0.15) is 5.56 Å². The van der Waals surface area contributed by atoms with Crippen LogP contribution in [0.4, 0.5) is 19.3 Å². The molecule has 0 saturated carbocycles. The van der Waals surface area contributed by atoms with E-state index in [1.54, 1.807) is 24.3 Å². The monoisotopic (exact) mass is 375 g/mol. The Morgan fingerprint density at radius 1 is 1.11 bits per heavy atom. The lowest BCUT2D eigenvalue weighted by Crippen LogP contribution is -2.40. The molecule has 2 aromatic carbocycles. The molecule has 3 amide bonds. The summed E-state index contributed by atoms with van der Waals surface area (Å²) in [5, 5.41) is 2.45. The van der Waals surface area contributed by atoms with Crippen molar-refractivity contribution in [1.29, 1.82) is 0 Å². The number of nitrogens with one attached hydrogen (secondary N) is 1. The number of urea groups is 1. The number of anilines is 1. The Morgan fingerprint density at radius 2 is 1.81 bits per heavy atom. The molecule has 3 rings (SSSR count). The van der Waals surface area contributed by atoms with Gasteiger partial charge in [-0.25, -0.2) is 13.6 Å². The molecule has 1 aliphatic heterocycles. The quantitative estimate of drug-likeness (QED) is 0.844. The molecule has 8 heteroatoms. The fourth-order valence-electron chi connectivity index (χ4n) is 2.92. The molecule has 0 aliphatic carbocycles. The molecule has 142 valence electrons. The van der Waals surface area contributed by atoms with Gasteiger partial charge in [0.1, 0.15) is 23.9 Å². The number of rotatable bonds is 6. The van der Waals surface area contributed by atoms with E-state index < -0.39 is 17.5 Å². The van der Waals surface area contributed by atoms with Crippen LogP contribution >= 0.6 is 0 Å². The fourth-order valence-corrected chi connectivity index (χ4v) is 2.92. The minimum absolute atomic E-state index is 0.194. The summed E-state index contributed by atoms with van der Waals surface area (Å²) in [6.45, 7) is 0.295. The van der Waals surface area contributed by atoms with Gasteiger partial charge in [-0.3, -0.25) is 9.69 Å². The van der Waals surface area contributed by atoms with Gasteiger partial charge in [-0.2, -0.15) is 0 Å². The van der Waals surface area contributed by atoms with Gasteiger partial charge in [0.15, 0.2) is 0 Å². The summed E-state index contributed by atoms with van der Waals surface area (Å²) in [5.41, 5.74) is 0.413. The van der Waals surface area contributed by atoms with Crippen LogP contribution in [0.2, 0.25) is 0 Å². The first kappa shape index (κ1) is 18.6. The number of carbonyl (C=O) groups excluding carboxylic acids is 2.